The molecule has 1 aromatic carbocycles. The van der Waals surface area contributed by atoms with Crippen LogP contribution in [0.2, 0.25) is 0 Å². The fourth-order valence-corrected chi connectivity index (χ4v) is 1.47. The van der Waals surface area contributed by atoms with E-state index in [1.165, 1.54) is 6.92 Å². The summed E-state index contributed by atoms with van der Waals surface area (Å²) in [6, 6.07) is 1.01. The molecule has 0 bridgehead atoms. The summed E-state index contributed by atoms with van der Waals surface area (Å²) in [6.07, 6.45) is -10.9. The van der Waals surface area contributed by atoms with Crippen LogP contribution in [0.1, 0.15) is 12.5 Å². The lowest BCUT2D eigenvalue weighted by Crippen LogP contribution is -2.21. The number of nitro benzene ring substituents is 1. The van der Waals surface area contributed by atoms with E-state index in [1.807, 2.05) is 0 Å². The first-order chi connectivity index (χ1) is 9.47. The Balaban J connectivity index is 3.64. The average molecular weight is 319 g/mol. The second-order valence-corrected chi connectivity index (χ2v) is 3.52. The van der Waals surface area contributed by atoms with E-state index >= 15 is 0 Å². The molecule has 0 aromatic heterocycles. The third kappa shape index (κ3) is 4.13. The van der Waals surface area contributed by atoms with E-state index in [0.29, 0.717) is 12.1 Å². The number of alkyl halides is 6. The van der Waals surface area contributed by atoms with E-state index in [4.69, 9.17) is 0 Å². The van der Waals surface area contributed by atoms with E-state index in [1.54, 1.807) is 0 Å². The monoisotopic (exact) mass is 319 g/mol. The highest BCUT2D eigenvalue weighted by Crippen LogP contribution is 2.48. The van der Waals surface area contributed by atoms with Crippen molar-refractivity contribution in [3.8, 4) is 11.5 Å². The normalized spacial score (nSPS) is 12.1. The van der Waals surface area contributed by atoms with Crippen molar-refractivity contribution < 1.29 is 40.7 Å². The predicted octanol–water partition coefficient (Wildman–Crippen LogP) is 3.91. The molecule has 0 spiro atoms. The quantitative estimate of drug-likeness (QED) is 0.479. The number of benzene rings is 1. The molecule has 5 nitrogen and oxygen atoms in total. The summed E-state index contributed by atoms with van der Waals surface area (Å²) in [5.41, 5.74) is -3.72. The summed E-state index contributed by atoms with van der Waals surface area (Å²) >= 11 is 0. The molecule has 0 heterocycles. The van der Waals surface area contributed by atoms with Crippen molar-refractivity contribution in [2.45, 2.75) is 19.5 Å². The molecule has 21 heavy (non-hydrogen) atoms. The highest BCUT2D eigenvalue weighted by molar-refractivity contribution is 5.58. The smallest absolute Gasteiger partial charge is 0.490 e. The summed E-state index contributed by atoms with van der Waals surface area (Å²) in [5.74, 6) is -2.68. The van der Waals surface area contributed by atoms with Crippen molar-refractivity contribution in [1.29, 1.82) is 0 Å². The summed E-state index contributed by atoms with van der Waals surface area (Å²) in [4.78, 5) is 9.13. The molecular weight excluding hydrogens is 312 g/mol. The second kappa shape index (κ2) is 5.66. The van der Waals surface area contributed by atoms with Crippen molar-refractivity contribution in [2.75, 3.05) is 6.61 Å². The van der Waals surface area contributed by atoms with Crippen LogP contribution in [0.4, 0.5) is 32.0 Å². The molecule has 1 rings (SSSR count). The van der Waals surface area contributed by atoms with Crippen LogP contribution in [0.3, 0.4) is 0 Å². The van der Waals surface area contributed by atoms with Crippen LogP contribution in [0.5, 0.6) is 11.5 Å². The van der Waals surface area contributed by atoms with Crippen LogP contribution in [0.25, 0.3) is 0 Å². The van der Waals surface area contributed by atoms with Crippen LogP contribution in [-0.2, 0) is 6.18 Å². The molecule has 0 aliphatic rings. The van der Waals surface area contributed by atoms with Crippen LogP contribution in [-0.4, -0.2) is 17.9 Å². The maximum absolute atomic E-state index is 12.9. The zero-order valence-electron chi connectivity index (χ0n) is 10.2. The van der Waals surface area contributed by atoms with Crippen molar-refractivity contribution >= 4 is 5.69 Å². The van der Waals surface area contributed by atoms with Gasteiger partial charge in [-0.1, -0.05) is 0 Å². The Morgan fingerprint density at radius 2 is 1.76 bits per heavy atom. The molecule has 0 aliphatic heterocycles. The molecule has 0 radical (unpaired) electrons. The van der Waals surface area contributed by atoms with Gasteiger partial charge in [-0.05, 0) is 13.0 Å². The predicted molar refractivity (Wildman–Crippen MR) is 56.0 cm³/mol. The molecule has 0 atom stereocenters. The minimum Gasteiger partial charge on any atom is -0.490 e. The lowest BCUT2D eigenvalue weighted by molar-refractivity contribution is -0.388. The molecule has 0 amide bonds. The van der Waals surface area contributed by atoms with Gasteiger partial charge >= 0.3 is 12.5 Å². The van der Waals surface area contributed by atoms with Gasteiger partial charge in [0.2, 0.25) is 0 Å². The molecule has 0 saturated heterocycles. The molecular formula is C10H7F6NO4. The molecule has 118 valence electrons. The summed E-state index contributed by atoms with van der Waals surface area (Å²) in [7, 11) is 0. The largest absolute Gasteiger partial charge is 0.573 e. The summed E-state index contributed by atoms with van der Waals surface area (Å²) in [6.45, 7) is 1.05. The second-order valence-electron chi connectivity index (χ2n) is 3.52. The summed E-state index contributed by atoms with van der Waals surface area (Å²) < 4.78 is 83.2. The van der Waals surface area contributed by atoms with Gasteiger partial charge in [-0.3, -0.25) is 10.1 Å². The Labute approximate surface area is 113 Å². The molecule has 0 fully saturated rings. The minimum atomic E-state index is -5.47. The topological polar surface area (TPSA) is 61.6 Å². The lowest BCUT2D eigenvalue weighted by Gasteiger charge is -2.18. The highest BCUT2D eigenvalue weighted by atomic mass is 19.4. The van der Waals surface area contributed by atoms with Gasteiger partial charge in [0.25, 0.3) is 5.69 Å². The first-order valence-electron chi connectivity index (χ1n) is 5.24. The van der Waals surface area contributed by atoms with Gasteiger partial charge in [0, 0.05) is 6.07 Å². The molecule has 0 saturated carbocycles. The van der Waals surface area contributed by atoms with Crippen molar-refractivity contribution in [3.05, 3.63) is 27.8 Å². The molecule has 0 aliphatic carbocycles. The Bertz CT molecular complexity index is 540. The summed E-state index contributed by atoms with van der Waals surface area (Å²) in [5, 5.41) is 10.6. The van der Waals surface area contributed by atoms with Gasteiger partial charge in [0.1, 0.15) is 0 Å². The van der Waals surface area contributed by atoms with E-state index in [2.05, 4.69) is 9.47 Å². The zero-order chi connectivity index (χ0) is 16.4. The van der Waals surface area contributed by atoms with Crippen molar-refractivity contribution in [3.63, 3.8) is 0 Å². The van der Waals surface area contributed by atoms with E-state index < -0.39 is 40.2 Å². The molecule has 0 N–H and O–H groups in total. The van der Waals surface area contributed by atoms with Gasteiger partial charge < -0.3 is 9.47 Å². The number of hydrogen-bond acceptors (Lipinski definition) is 4. The maximum Gasteiger partial charge on any atom is 0.573 e. The number of rotatable bonds is 4. The lowest BCUT2D eigenvalue weighted by atomic mass is 10.1. The van der Waals surface area contributed by atoms with Crippen LogP contribution in [0, 0.1) is 10.1 Å². The number of ether oxygens (including phenoxy) is 2. The standard InChI is InChI=1S/C10H7F6NO4/c1-2-20-6-4-3-5(17(18)19)7(9(11,12)13)8(6)21-10(14,15)16/h3-4H,2H2,1H3. The van der Waals surface area contributed by atoms with Crippen molar-refractivity contribution in [1.82, 2.24) is 0 Å². The van der Waals surface area contributed by atoms with Crippen molar-refractivity contribution in [2.24, 2.45) is 0 Å². The Morgan fingerprint density at radius 3 is 2.14 bits per heavy atom. The Hall–Kier alpha value is -2.20. The van der Waals surface area contributed by atoms with Gasteiger partial charge in [0.05, 0.1) is 11.5 Å². The van der Waals surface area contributed by atoms with E-state index in [0.717, 1.165) is 0 Å². The number of hydrogen-bond donors (Lipinski definition) is 0. The van der Waals surface area contributed by atoms with Crippen LogP contribution >= 0.6 is 0 Å². The minimum absolute atomic E-state index is 0.261. The van der Waals surface area contributed by atoms with Gasteiger partial charge in [-0.25, -0.2) is 0 Å². The highest BCUT2D eigenvalue weighted by Gasteiger charge is 2.46. The molecule has 1 aromatic rings. The number of nitro groups is 1. The van der Waals surface area contributed by atoms with E-state index in [9.17, 15) is 36.5 Å². The fraction of sp³-hybridized carbons (Fsp3) is 0.400. The third-order valence-electron chi connectivity index (χ3n) is 2.10. The molecule has 11 heteroatoms. The average Bonchev–Trinajstić information content (AvgIpc) is 2.27. The van der Waals surface area contributed by atoms with Gasteiger partial charge in [-0.2, -0.15) is 13.2 Å². The third-order valence-corrected chi connectivity index (χ3v) is 2.10. The van der Waals surface area contributed by atoms with Gasteiger partial charge in [-0.15, -0.1) is 13.2 Å². The first-order valence-corrected chi connectivity index (χ1v) is 5.24. The maximum atomic E-state index is 12.9. The number of halogens is 6. The number of nitrogens with zero attached hydrogens (tertiary/aromatic N) is 1. The van der Waals surface area contributed by atoms with Gasteiger partial charge in [0.15, 0.2) is 17.1 Å². The SMILES string of the molecule is CCOc1ccc([N+](=O)[O-])c(C(F)(F)F)c1OC(F)(F)F. The van der Waals surface area contributed by atoms with E-state index in [-0.39, 0.29) is 6.61 Å². The van der Waals surface area contributed by atoms with Crippen LogP contribution in [0.15, 0.2) is 12.1 Å². The first kappa shape index (κ1) is 16.9. The molecule has 0 unspecified atom stereocenters. The Morgan fingerprint density at radius 1 is 1.19 bits per heavy atom. The Kier molecular flexibility index (Phi) is 4.54. The fourth-order valence-electron chi connectivity index (χ4n) is 1.47. The van der Waals surface area contributed by atoms with Crippen LogP contribution < -0.4 is 9.47 Å². The zero-order valence-corrected chi connectivity index (χ0v) is 10.2.